The Labute approximate surface area is 168 Å². The summed E-state index contributed by atoms with van der Waals surface area (Å²) in [6.07, 6.45) is 1.75. The lowest BCUT2D eigenvalue weighted by atomic mass is 9.68. The molecule has 0 bridgehead atoms. The molecule has 28 heavy (non-hydrogen) atoms. The normalized spacial score (nSPS) is 25.8. The van der Waals surface area contributed by atoms with Crippen LogP contribution >= 0.6 is 0 Å². The second kappa shape index (κ2) is 8.78. The van der Waals surface area contributed by atoms with Crippen LogP contribution in [0.2, 0.25) is 0 Å². The Morgan fingerprint density at radius 2 is 2.00 bits per heavy atom. The number of rotatable bonds is 6. The molecule has 4 nitrogen and oxygen atoms in total. The first-order chi connectivity index (χ1) is 13.4. The molecule has 150 valence electrons. The molecule has 0 aliphatic carbocycles. The zero-order chi connectivity index (χ0) is 20.1. The smallest absolute Gasteiger partial charge is 0.314 e. The van der Waals surface area contributed by atoms with E-state index in [9.17, 15) is 9.90 Å². The van der Waals surface area contributed by atoms with Crippen molar-refractivity contribution in [2.45, 2.75) is 32.1 Å². The molecular formula is C24H32NO3+. The number of benzene rings is 2. The molecule has 2 aromatic carbocycles. The molecule has 0 saturated carbocycles. The van der Waals surface area contributed by atoms with E-state index in [-0.39, 0.29) is 17.3 Å². The number of ether oxygens (including phenoxy) is 1. The zero-order valence-electron chi connectivity index (χ0n) is 17.2. The van der Waals surface area contributed by atoms with E-state index in [1.165, 1.54) is 23.1 Å². The molecule has 1 aliphatic heterocycles. The largest absolute Gasteiger partial charge is 0.508 e. The number of hydrogen-bond acceptors (Lipinski definition) is 3. The van der Waals surface area contributed by atoms with Crippen LogP contribution in [0.3, 0.4) is 0 Å². The standard InChI is InChI=1S/C24H31NO3/c1-18-16-25(13-12-24(18,2)21-10-7-11-22(26)15-21)17-20(23(27)28-3)14-19-8-5-4-6-9-19/h4-11,15,18,20,26H,12-14,16-17H2,1-3H3/p+1/t18-,20-,24+/m0/s1. The molecule has 1 saturated heterocycles. The fraction of sp³-hybridized carbons (Fsp3) is 0.458. The van der Waals surface area contributed by atoms with Crippen molar-refractivity contribution >= 4 is 5.97 Å². The number of carbonyl (C=O) groups is 1. The lowest BCUT2D eigenvalue weighted by Gasteiger charge is -2.43. The third-order valence-corrected chi connectivity index (χ3v) is 6.58. The molecule has 0 radical (unpaired) electrons. The number of quaternary nitrogens is 1. The Morgan fingerprint density at radius 3 is 2.64 bits per heavy atom. The van der Waals surface area contributed by atoms with Gasteiger partial charge in [-0.2, -0.15) is 0 Å². The summed E-state index contributed by atoms with van der Waals surface area (Å²) in [7, 11) is 1.48. The van der Waals surface area contributed by atoms with Gasteiger partial charge in [0.15, 0.2) is 0 Å². The van der Waals surface area contributed by atoms with Crippen LogP contribution in [0.4, 0.5) is 0 Å². The van der Waals surface area contributed by atoms with Crippen LogP contribution < -0.4 is 4.90 Å². The van der Waals surface area contributed by atoms with Crippen molar-refractivity contribution in [2.24, 2.45) is 11.8 Å². The minimum Gasteiger partial charge on any atom is -0.508 e. The van der Waals surface area contributed by atoms with Gasteiger partial charge in [-0.15, -0.1) is 0 Å². The van der Waals surface area contributed by atoms with E-state index in [4.69, 9.17) is 4.74 Å². The monoisotopic (exact) mass is 382 g/mol. The summed E-state index contributed by atoms with van der Waals surface area (Å²) in [4.78, 5) is 13.8. The number of aromatic hydroxyl groups is 1. The van der Waals surface area contributed by atoms with E-state index in [0.717, 1.165) is 32.5 Å². The van der Waals surface area contributed by atoms with Crippen LogP contribution in [-0.4, -0.2) is 37.8 Å². The van der Waals surface area contributed by atoms with E-state index in [0.29, 0.717) is 11.7 Å². The van der Waals surface area contributed by atoms with E-state index < -0.39 is 0 Å². The first-order valence-electron chi connectivity index (χ1n) is 10.2. The maximum absolute atomic E-state index is 12.4. The molecular weight excluding hydrogens is 350 g/mol. The Bertz CT molecular complexity index is 791. The van der Waals surface area contributed by atoms with Gasteiger partial charge in [0.1, 0.15) is 11.7 Å². The highest BCUT2D eigenvalue weighted by molar-refractivity contribution is 5.72. The highest BCUT2D eigenvalue weighted by atomic mass is 16.5. The summed E-state index contributed by atoms with van der Waals surface area (Å²) in [5, 5.41) is 9.89. The van der Waals surface area contributed by atoms with Crippen molar-refractivity contribution in [2.75, 3.05) is 26.7 Å². The average molecular weight is 383 g/mol. The Balaban J connectivity index is 1.68. The van der Waals surface area contributed by atoms with Crippen molar-refractivity contribution < 1.29 is 19.5 Å². The fourth-order valence-electron chi connectivity index (χ4n) is 4.57. The lowest BCUT2D eigenvalue weighted by Crippen LogP contribution is -3.15. The number of methoxy groups -OCH3 is 1. The molecule has 2 N–H and O–H groups in total. The van der Waals surface area contributed by atoms with Gasteiger partial charge in [0.2, 0.25) is 0 Å². The molecule has 1 unspecified atom stereocenters. The Hall–Kier alpha value is -2.33. The van der Waals surface area contributed by atoms with Crippen LogP contribution in [0.5, 0.6) is 5.75 Å². The number of carbonyl (C=O) groups excluding carboxylic acids is 1. The highest BCUT2D eigenvalue weighted by Crippen LogP contribution is 2.37. The van der Waals surface area contributed by atoms with Gasteiger partial charge in [0.05, 0.1) is 26.7 Å². The van der Waals surface area contributed by atoms with E-state index in [1.807, 2.05) is 30.3 Å². The summed E-state index contributed by atoms with van der Waals surface area (Å²) in [6, 6.07) is 17.8. The highest BCUT2D eigenvalue weighted by Gasteiger charge is 2.41. The van der Waals surface area contributed by atoms with Crippen molar-refractivity contribution in [1.82, 2.24) is 0 Å². The predicted octanol–water partition coefficient (Wildman–Crippen LogP) is 2.61. The van der Waals surface area contributed by atoms with Crippen LogP contribution in [0, 0.1) is 11.8 Å². The fourth-order valence-corrected chi connectivity index (χ4v) is 4.57. The van der Waals surface area contributed by atoms with Gasteiger partial charge in [0, 0.05) is 17.8 Å². The number of phenolic OH excluding ortho intramolecular Hbond substituents is 1. The summed E-state index contributed by atoms with van der Waals surface area (Å²) in [6.45, 7) is 7.40. The first-order valence-corrected chi connectivity index (χ1v) is 10.2. The van der Waals surface area contributed by atoms with Crippen molar-refractivity contribution in [3.63, 3.8) is 0 Å². The molecule has 4 heteroatoms. The van der Waals surface area contributed by atoms with Crippen LogP contribution in [-0.2, 0) is 21.4 Å². The molecule has 0 spiro atoms. The molecule has 3 rings (SSSR count). The van der Waals surface area contributed by atoms with Gasteiger partial charge in [-0.05, 0) is 29.7 Å². The lowest BCUT2D eigenvalue weighted by molar-refractivity contribution is -0.912. The minimum atomic E-state index is -0.125. The van der Waals surface area contributed by atoms with Crippen molar-refractivity contribution in [3.8, 4) is 5.75 Å². The molecule has 0 aromatic heterocycles. The summed E-state index contributed by atoms with van der Waals surface area (Å²) < 4.78 is 5.10. The number of phenols is 1. The third kappa shape index (κ3) is 4.56. The average Bonchev–Trinajstić information content (AvgIpc) is 2.70. The van der Waals surface area contributed by atoms with E-state index >= 15 is 0 Å². The second-order valence-corrected chi connectivity index (χ2v) is 8.44. The van der Waals surface area contributed by atoms with Crippen LogP contribution in [0.25, 0.3) is 0 Å². The molecule has 1 aliphatic rings. The van der Waals surface area contributed by atoms with E-state index in [1.54, 1.807) is 6.07 Å². The SMILES string of the molecule is COC(=O)[C@@H](Cc1ccccc1)C[NH+]1CC[C@@](C)(c2cccc(O)c2)[C@@H](C)C1. The number of likely N-dealkylation sites (tertiary alicyclic amines) is 1. The summed E-state index contributed by atoms with van der Waals surface area (Å²) >= 11 is 0. The molecule has 2 aromatic rings. The molecule has 1 heterocycles. The van der Waals surface area contributed by atoms with E-state index in [2.05, 4.69) is 32.0 Å². The number of nitrogens with one attached hydrogen (secondary N) is 1. The maximum Gasteiger partial charge on any atom is 0.314 e. The Morgan fingerprint density at radius 1 is 1.25 bits per heavy atom. The summed E-state index contributed by atoms with van der Waals surface area (Å²) in [5.41, 5.74) is 2.42. The zero-order valence-corrected chi connectivity index (χ0v) is 17.2. The predicted molar refractivity (Wildman–Crippen MR) is 110 cm³/mol. The van der Waals surface area contributed by atoms with Crippen LogP contribution in [0.1, 0.15) is 31.4 Å². The number of hydrogen-bond donors (Lipinski definition) is 2. The molecule has 0 amide bonds. The molecule has 1 fully saturated rings. The Kier molecular flexibility index (Phi) is 6.40. The number of esters is 1. The van der Waals surface area contributed by atoms with Gasteiger partial charge in [-0.1, -0.05) is 56.3 Å². The van der Waals surface area contributed by atoms with Gasteiger partial charge >= 0.3 is 5.97 Å². The summed E-state index contributed by atoms with van der Waals surface area (Å²) in [5.74, 6) is 0.535. The molecule has 4 atom stereocenters. The van der Waals surface area contributed by atoms with Crippen LogP contribution in [0.15, 0.2) is 54.6 Å². The van der Waals surface area contributed by atoms with Gasteiger partial charge in [-0.3, -0.25) is 4.79 Å². The van der Waals surface area contributed by atoms with Gasteiger partial charge in [-0.25, -0.2) is 0 Å². The quantitative estimate of drug-likeness (QED) is 0.755. The third-order valence-electron chi connectivity index (χ3n) is 6.58. The maximum atomic E-state index is 12.4. The minimum absolute atomic E-state index is 0.0441. The van der Waals surface area contributed by atoms with Crippen molar-refractivity contribution in [1.29, 1.82) is 0 Å². The first kappa shape index (κ1) is 20.4. The number of piperidine rings is 1. The topological polar surface area (TPSA) is 51.0 Å². The second-order valence-electron chi connectivity index (χ2n) is 8.44. The van der Waals surface area contributed by atoms with Gasteiger partial charge < -0.3 is 14.7 Å². The van der Waals surface area contributed by atoms with Gasteiger partial charge in [0.25, 0.3) is 0 Å². The van der Waals surface area contributed by atoms with Crippen molar-refractivity contribution in [3.05, 3.63) is 65.7 Å².